The van der Waals surface area contributed by atoms with Crippen LogP contribution >= 0.6 is 15.9 Å². The number of hydrogen-bond donors (Lipinski definition) is 2. The molecule has 5 nitrogen and oxygen atoms in total. The molecule has 0 amide bonds. The van der Waals surface area contributed by atoms with E-state index in [0.29, 0.717) is 6.07 Å². The van der Waals surface area contributed by atoms with E-state index in [0.717, 1.165) is 12.1 Å². The minimum absolute atomic E-state index is 0.0480. The van der Waals surface area contributed by atoms with Crippen LogP contribution in [0.3, 0.4) is 0 Å². The number of nitrogens with one attached hydrogen (secondary N) is 1. The minimum Gasteiger partial charge on any atom is -0.452 e. The highest BCUT2D eigenvalue weighted by atomic mass is 79.9. The maximum Gasteiger partial charge on any atom is 0.266 e. The number of rotatable bonds is 4. The van der Waals surface area contributed by atoms with Crippen LogP contribution in [-0.4, -0.2) is 8.42 Å². The van der Waals surface area contributed by atoms with Crippen LogP contribution in [0.2, 0.25) is 0 Å². The summed E-state index contributed by atoms with van der Waals surface area (Å²) in [6.07, 6.45) is 0. The van der Waals surface area contributed by atoms with Crippen LogP contribution in [0.1, 0.15) is 5.76 Å². The second-order valence-corrected chi connectivity index (χ2v) is 6.25. The van der Waals surface area contributed by atoms with Gasteiger partial charge in [0.25, 0.3) is 10.0 Å². The molecule has 2 aromatic rings. The van der Waals surface area contributed by atoms with Crippen molar-refractivity contribution in [3.8, 4) is 0 Å². The fourth-order valence-corrected chi connectivity index (χ4v) is 3.54. The molecule has 0 unspecified atom stereocenters. The molecule has 0 atom stereocenters. The molecule has 21 heavy (non-hydrogen) atoms. The zero-order chi connectivity index (χ0) is 15.8. The third-order valence-electron chi connectivity index (χ3n) is 2.48. The first-order chi connectivity index (χ1) is 9.76. The maximum absolute atomic E-state index is 13.5. The van der Waals surface area contributed by atoms with Crippen molar-refractivity contribution in [2.75, 3.05) is 4.72 Å². The van der Waals surface area contributed by atoms with E-state index in [4.69, 9.17) is 10.2 Å². The van der Waals surface area contributed by atoms with E-state index in [-0.39, 0.29) is 21.9 Å². The van der Waals surface area contributed by atoms with Gasteiger partial charge in [-0.25, -0.2) is 21.6 Å². The number of hydrogen-bond acceptors (Lipinski definition) is 4. The Morgan fingerprint density at radius 3 is 2.48 bits per heavy atom. The summed E-state index contributed by atoms with van der Waals surface area (Å²) in [5.74, 6) is -4.67. The van der Waals surface area contributed by atoms with Crippen molar-refractivity contribution in [2.45, 2.75) is 11.4 Å². The van der Waals surface area contributed by atoms with Crippen LogP contribution in [0.25, 0.3) is 0 Å². The van der Waals surface area contributed by atoms with Crippen molar-refractivity contribution >= 4 is 31.6 Å². The van der Waals surface area contributed by atoms with E-state index >= 15 is 0 Å². The van der Waals surface area contributed by atoms with Crippen molar-refractivity contribution in [2.24, 2.45) is 5.73 Å². The third-order valence-corrected chi connectivity index (χ3v) is 4.70. The van der Waals surface area contributed by atoms with Gasteiger partial charge in [0.2, 0.25) is 0 Å². The topological polar surface area (TPSA) is 85.3 Å². The average Bonchev–Trinajstić information content (AvgIpc) is 2.81. The molecule has 0 saturated heterocycles. The highest BCUT2D eigenvalue weighted by Gasteiger charge is 2.25. The molecule has 0 radical (unpaired) electrons. The summed E-state index contributed by atoms with van der Waals surface area (Å²) in [6.45, 7) is -0.0480. The van der Waals surface area contributed by atoms with Gasteiger partial charge in [-0.15, -0.1) is 0 Å². The normalized spacial score (nSPS) is 11.7. The van der Waals surface area contributed by atoms with Crippen molar-refractivity contribution in [3.63, 3.8) is 0 Å². The number of furan rings is 1. The molecule has 0 aliphatic rings. The number of sulfonamides is 1. The first-order valence-electron chi connectivity index (χ1n) is 5.41. The van der Waals surface area contributed by atoms with Crippen LogP contribution in [0.4, 0.5) is 18.9 Å². The molecule has 1 aromatic heterocycles. The second-order valence-electron chi connectivity index (χ2n) is 3.88. The molecule has 0 bridgehead atoms. The Balaban J connectivity index is 2.42. The molecule has 2 rings (SSSR count). The monoisotopic (exact) mass is 384 g/mol. The van der Waals surface area contributed by atoms with Crippen LogP contribution in [0.5, 0.6) is 0 Å². The number of anilines is 1. The molecular weight excluding hydrogens is 377 g/mol. The zero-order valence-electron chi connectivity index (χ0n) is 10.2. The van der Waals surface area contributed by atoms with Gasteiger partial charge in [-0.2, -0.15) is 0 Å². The summed E-state index contributed by atoms with van der Waals surface area (Å²) in [7, 11) is -4.26. The molecule has 1 aromatic carbocycles. The quantitative estimate of drug-likeness (QED) is 0.793. The lowest BCUT2D eigenvalue weighted by atomic mass is 10.3. The fourth-order valence-electron chi connectivity index (χ4n) is 1.49. The summed E-state index contributed by atoms with van der Waals surface area (Å²) < 4.78 is 70.2. The Bertz CT molecular complexity index is 792. The minimum atomic E-state index is -4.26. The Morgan fingerprint density at radius 2 is 1.90 bits per heavy atom. The molecule has 0 spiro atoms. The van der Waals surface area contributed by atoms with Crippen molar-refractivity contribution in [1.82, 2.24) is 0 Å². The van der Waals surface area contributed by atoms with E-state index in [1.807, 2.05) is 4.72 Å². The lowest BCUT2D eigenvalue weighted by molar-refractivity contribution is 0.449. The van der Waals surface area contributed by atoms with E-state index in [1.165, 1.54) is 0 Å². The molecule has 10 heteroatoms. The van der Waals surface area contributed by atoms with Crippen molar-refractivity contribution in [3.05, 3.63) is 46.1 Å². The highest BCUT2D eigenvalue weighted by Crippen LogP contribution is 2.29. The lowest BCUT2D eigenvalue weighted by Gasteiger charge is -2.08. The molecular formula is C11H8BrF3N2O3S. The summed E-state index contributed by atoms with van der Waals surface area (Å²) in [6, 6.07) is 2.50. The Labute approximate surface area is 126 Å². The summed E-state index contributed by atoms with van der Waals surface area (Å²) in [4.78, 5) is -0.341. The van der Waals surface area contributed by atoms with Gasteiger partial charge in [0.15, 0.2) is 22.1 Å². The van der Waals surface area contributed by atoms with Crippen LogP contribution < -0.4 is 10.5 Å². The van der Waals surface area contributed by atoms with Gasteiger partial charge in [-0.1, -0.05) is 0 Å². The summed E-state index contributed by atoms with van der Waals surface area (Å²) >= 11 is 2.88. The van der Waals surface area contributed by atoms with E-state index < -0.39 is 33.2 Å². The van der Waals surface area contributed by atoms with E-state index in [2.05, 4.69) is 15.9 Å². The molecule has 0 aliphatic heterocycles. The van der Waals surface area contributed by atoms with Crippen LogP contribution in [0, 0.1) is 17.5 Å². The van der Waals surface area contributed by atoms with Gasteiger partial charge in [0.05, 0.1) is 12.2 Å². The molecule has 0 fully saturated rings. The summed E-state index contributed by atoms with van der Waals surface area (Å²) in [5, 5.41) is 0. The number of benzene rings is 1. The Morgan fingerprint density at radius 1 is 1.24 bits per heavy atom. The molecule has 3 N–H and O–H groups in total. The van der Waals surface area contributed by atoms with Crippen molar-refractivity contribution in [1.29, 1.82) is 0 Å². The molecule has 1 heterocycles. The largest absolute Gasteiger partial charge is 0.452 e. The number of nitrogens with two attached hydrogens (primary N) is 1. The van der Waals surface area contributed by atoms with E-state index in [9.17, 15) is 21.6 Å². The van der Waals surface area contributed by atoms with Crippen LogP contribution in [0.15, 0.2) is 32.2 Å². The predicted molar refractivity (Wildman–Crippen MR) is 71.4 cm³/mol. The van der Waals surface area contributed by atoms with Crippen molar-refractivity contribution < 1.29 is 26.0 Å². The molecule has 0 saturated carbocycles. The second kappa shape index (κ2) is 5.70. The fraction of sp³-hybridized carbons (Fsp3) is 0.0909. The first kappa shape index (κ1) is 15.9. The first-order valence-corrected chi connectivity index (χ1v) is 7.68. The van der Waals surface area contributed by atoms with Gasteiger partial charge >= 0.3 is 0 Å². The van der Waals surface area contributed by atoms with Crippen LogP contribution in [-0.2, 0) is 16.6 Å². The average molecular weight is 385 g/mol. The Hall–Kier alpha value is -1.52. The zero-order valence-corrected chi connectivity index (χ0v) is 12.6. The maximum atomic E-state index is 13.5. The Kier molecular flexibility index (Phi) is 4.30. The van der Waals surface area contributed by atoms with Gasteiger partial charge in [-0.05, 0) is 28.1 Å². The molecule has 0 aliphatic carbocycles. The smallest absolute Gasteiger partial charge is 0.266 e. The lowest BCUT2D eigenvalue weighted by Crippen LogP contribution is -2.14. The highest BCUT2D eigenvalue weighted by molar-refractivity contribution is 9.10. The molecule has 114 valence electrons. The van der Waals surface area contributed by atoms with E-state index in [1.54, 1.807) is 0 Å². The van der Waals surface area contributed by atoms with Gasteiger partial charge in [0.1, 0.15) is 10.7 Å². The summed E-state index contributed by atoms with van der Waals surface area (Å²) in [5.41, 5.74) is 4.58. The predicted octanol–water partition coefficient (Wildman–Crippen LogP) is 2.72. The SMILES string of the molecule is NCc1cc(S(=O)(=O)Nc2ccc(F)c(F)c2F)c(Br)o1. The van der Waals surface area contributed by atoms with Gasteiger partial charge in [0, 0.05) is 6.07 Å². The van der Waals surface area contributed by atoms with Gasteiger partial charge < -0.3 is 10.2 Å². The number of halogens is 4. The third kappa shape index (κ3) is 3.06. The van der Waals surface area contributed by atoms with Gasteiger partial charge in [-0.3, -0.25) is 4.72 Å². The standard InChI is InChI=1S/C11H8BrF3N2O3S/c12-11-8(3-5(4-16)20-11)21(18,19)17-7-2-1-6(13)9(14)10(7)15/h1-3,17H,4,16H2.